The van der Waals surface area contributed by atoms with Gasteiger partial charge in [0.05, 0.1) is 0 Å². The molecule has 2 aromatic rings. The predicted octanol–water partition coefficient (Wildman–Crippen LogP) is 3.59. The molecule has 0 nitrogen and oxygen atoms in total. The van der Waals surface area contributed by atoms with Crippen molar-refractivity contribution in [3.8, 4) is 0 Å². The van der Waals surface area contributed by atoms with E-state index < -0.39 is 14.4 Å². The van der Waals surface area contributed by atoms with E-state index in [0.29, 0.717) is 0 Å². The molecule has 0 heterocycles. The van der Waals surface area contributed by atoms with Gasteiger partial charge >= 0.3 is 119 Å². The third kappa shape index (κ3) is 3.05. The molecule has 17 heavy (non-hydrogen) atoms. The summed E-state index contributed by atoms with van der Waals surface area (Å²) < 4.78 is 4.59. The Morgan fingerprint density at radius 1 is 0.824 bits per heavy atom. The van der Waals surface area contributed by atoms with Crippen LogP contribution in [0.5, 0.6) is 0 Å². The Bertz CT molecular complexity index is 413. The van der Waals surface area contributed by atoms with Gasteiger partial charge in [-0.15, -0.1) is 0 Å². The predicted molar refractivity (Wildman–Crippen MR) is 87.0 cm³/mol. The molecule has 0 atom stereocenters. The second kappa shape index (κ2) is 6.23. The molecule has 2 rings (SSSR count). The fourth-order valence-electron chi connectivity index (χ4n) is 2.20. The summed E-state index contributed by atoms with van der Waals surface area (Å²) in [6.07, 6.45) is 1.28. The molecule has 0 spiro atoms. The van der Waals surface area contributed by atoms with E-state index in [1.807, 2.05) is 0 Å². The molecule has 0 saturated heterocycles. The van der Waals surface area contributed by atoms with Crippen LogP contribution in [-0.2, 0) is 0 Å². The van der Waals surface area contributed by atoms with Crippen molar-refractivity contribution >= 4 is 40.2 Å². The number of benzene rings is 2. The molecule has 0 amide bonds. The van der Waals surface area contributed by atoms with E-state index in [9.17, 15) is 0 Å². The summed E-state index contributed by atoms with van der Waals surface area (Å²) in [5, 5.41) is 0. The van der Waals surface area contributed by atoms with Gasteiger partial charge in [-0.1, -0.05) is 0 Å². The monoisotopic (exact) mass is 444 g/mol. The SMILES string of the molecule is CC[CH2][Sn]([I])([c]1ccccc1)[c]1ccccc1. The first-order valence-electron chi connectivity index (χ1n) is 6.07. The molecule has 0 aromatic heterocycles. The van der Waals surface area contributed by atoms with Crippen LogP contribution >= 0.6 is 18.6 Å². The molecule has 0 fully saturated rings. The third-order valence-corrected chi connectivity index (χ3v) is 25.6. The van der Waals surface area contributed by atoms with Crippen LogP contribution in [0.1, 0.15) is 13.3 Å². The van der Waals surface area contributed by atoms with E-state index >= 15 is 0 Å². The van der Waals surface area contributed by atoms with Crippen LogP contribution in [0.2, 0.25) is 4.44 Å². The molecule has 0 unspecified atom stereocenters. The second-order valence-corrected chi connectivity index (χ2v) is 25.9. The van der Waals surface area contributed by atoms with E-state index in [1.54, 1.807) is 7.16 Å². The number of rotatable bonds is 4. The van der Waals surface area contributed by atoms with Crippen molar-refractivity contribution in [2.75, 3.05) is 0 Å². The quantitative estimate of drug-likeness (QED) is 0.501. The van der Waals surface area contributed by atoms with Gasteiger partial charge in [-0.25, -0.2) is 0 Å². The molecule has 0 aliphatic heterocycles. The summed E-state index contributed by atoms with van der Waals surface area (Å²) in [4.78, 5) is 0. The van der Waals surface area contributed by atoms with Crippen molar-refractivity contribution in [2.45, 2.75) is 17.8 Å². The van der Waals surface area contributed by atoms with Gasteiger partial charge in [0.15, 0.2) is 0 Å². The molecule has 0 aliphatic carbocycles. The standard InChI is InChI=1S/2C6H5.C3H7.HI.Sn/c2*1-2-4-6-5-3-1;1-3-2;;/h2*1-5H;1,3H2,2H3;1H;/q;;;;+1/p-1. The summed E-state index contributed by atoms with van der Waals surface area (Å²) in [7, 11) is 0. The van der Waals surface area contributed by atoms with Crippen molar-refractivity contribution in [1.29, 1.82) is 0 Å². The van der Waals surface area contributed by atoms with Crippen LogP contribution in [-0.4, -0.2) is 14.4 Å². The average Bonchev–Trinajstić information content (AvgIpc) is 2.41. The summed E-state index contributed by atoms with van der Waals surface area (Å²) in [5.41, 5.74) is 0. The van der Waals surface area contributed by atoms with Gasteiger partial charge in [0, 0.05) is 0 Å². The van der Waals surface area contributed by atoms with Gasteiger partial charge in [-0.05, 0) is 0 Å². The van der Waals surface area contributed by atoms with Gasteiger partial charge in [-0.2, -0.15) is 0 Å². The van der Waals surface area contributed by atoms with Gasteiger partial charge in [-0.3, -0.25) is 0 Å². The van der Waals surface area contributed by atoms with E-state index in [-0.39, 0.29) is 0 Å². The summed E-state index contributed by atoms with van der Waals surface area (Å²) in [6, 6.07) is 22.2. The van der Waals surface area contributed by atoms with E-state index in [1.165, 1.54) is 10.9 Å². The molecular formula is C15H17ISn. The van der Waals surface area contributed by atoms with Crippen LogP contribution in [0.4, 0.5) is 0 Å². The molecule has 0 bridgehead atoms. The maximum atomic E-state index is 2.82. The van der Waals surface area contributed by atoms with Gasteiger partial charge < -0.3 is 0 Å². The zero-order valence-electron chi connectivity index (χ0n) is 10.1. The Morgan fingerprint density at radius 2 is 1.24 bits per heavy atom. The molecule has 0 N–H and O–H groups in total. The Morgan fingerprint density at radius 3 is 1.59 bits per heavy atom. The number of halogens is 1. The van der Waals surface area contributed by atoms with Gasteiger partial charge in [0.1, 0.15) is 0 Å². The fourth-order valence-corrected chi connectivity index (χ4v) is 19.3. The Kier molecular flexibility index (Phi) is 4.91. The zero-order valence-corrected chi connectivity index (χ0v) is 15.1. The summed E-state index contributed by atoms with van der Waals surface area (Å²) in [6.45, 7) is 2.30. The zero-order chi connectivity index (χ0) is 12.1. The first kappa shape index (κ1) is 13.4. The normalized spacial score (nSPS) is 11.4. The van der Waals surface area contributed by atoms with E-state index in [0.717, 1.165) is 0 Å². The van der Waals surface area contributed by atoms with Crippen molar-refractivity contribution in [1.82, 2.24) is 0 Å². The molecule has 0 radical (unpaired) electrons. The third-order valence-electron chi connectivity index (χ3n) is 3.06. The first-order valence-corrected chi connectivity index (χ1v) is 19.3. The van der Waals surface area contributed by atoms with Crippen LogP contribution in [0.15, 0.2) is 60.7 Å². The van der Waals surface area contributed by atoms with Crippen LogP contribution in [0.25, 0.3) is 0 Å². The van der Waals surface area contributed by atoms with Gasteiger partial charge in [0.2, 0.25) is 0 Å². The summed E-state index contributed by atoms with van der Waals surface area (Å²) in [5.74, 6) is 0. The molecule has 88 valence electrons. The Labute approximate surface area is 118 Å². The van der Waals surface area contributed by atoms with Crippen molar-refractivity contribution in [3.05, 3.63) is 60.7 Å². The van der Waals surface area contributed by atoms with E-state index in [2.05, 4.69) is 86.2 Å². The first-order chi connectivity index (χ1) is 8.27. The van der Waals surface area contributed by atoms with Crippen molar-refractivity contribution < 1.29 is 0 Å². The fraction of sp³-hybridized carbons (Fsp3) is 0.200. The molecule has 0 saturated carbocycles. The molecule has 2 aromatic carbocycles. The summed E-state index contributed by atoms with van der Waals surface area (Å²) >= 11 is 0.446. The Balaban J connectivity index is 2.47. The van der Waals surface area contributed by atoms with Crippen LogP contribution < -0.4 is 7.16 Å². The molecule has 0 aliphatic rings. The van der Waals surface area contributed by atoms with Crippen LogP contribution in [0.3, 0.4) is 0 Å². The van der Waals surface area contributed by atoms with E-state index in [4.69, 9.17) is 0 Å². The average molecular weight is 443 g/mol. The van der Waals surface area contributed by atoms with Crippen molar-refractivity contribution in [3.63, 3.8) is 0 Å². The van der Waals surface area contributed by atoms with Crippen LogP contribution in [0, 0.1) is 0 Å². The van der Waals surface area contributed by atoms with Crippen molar-refractivity contribution in [2.24, 2.45) is 0 Å². The molecule has 2 heteroatoms. The minimum absolute atomic E-state index is 1.28. The number of hydrogen-bond donors (Lipinski definition) is 0. The molecular weight excluding hydrogens is 426 g/mol. The topological polar surface area (TPSA) is 0 Å². The number of hydrogen-bond acceptors (Lipinski definition) is 0. The maximum absolute atomic E-state index is 2.82. The minimum atomic E-state index is -2.37. The Hall–Kier alpha value is -0.0313. The van der Waals surface area contributed by atoms with Gasteiger partial charge in [0.25, 0.3) is 0 Å². The second-order valence-electron chi connectivity index (χ2n) is 4.28.